The lowest BCUT2D eigenvalue weighted by Gasteiger charge is -2.12. The fourth-order valence-electron chi connectivity index (χ4n) is 3.03. The zero-order chi connectivity index (χ0) is 21.7. The van der Waals surface area contributed by atoms with Crippen molar-refractivity contribution >= 4 is 63.0 Å². The zero-order valence-corrected chi connectivity index (χ0v) is 20.4. The van der Waals surface area contributed by atoms with Crippen molar-refractivity contribution in [3.8, 4) is 5.69 Å². The SMILES string of the molecule is Cc1cc(/C=N/NC(=O)CSCc2ccccc2Br)c(C)n1-c1cccc(Cl)c1Cl. The number of nitrogens with zero attached hydrogens (tertiary/aromatic N) is 2. The van der Waals surface area contributed by atoms with Crippen LogP contribution in [0.1, 0.15) is 22.5 Å². The lowest BCUT2D eigenvalue weighted by molar-refractivity contribution is -0.118. The van der Waals surface area contributed by atoms with E-state index in [9.17, 15) is 4.79 Å². The number of thioether (sulfide) groups is 1. The first-order valence-corrected chi connectivity index (χ1v) is 11.8. The molecule has 3 aromatic rings. The van der Waals surface area contributed by atoms with Crippen LogP contribution in [0.3, 0.4) is 0 Å². The van der Waals surface area contributed by atoms with Gasteiger partial charge < -0.3 is 4.57 Å². The number of hydrogen-bond donors (Lipinski definition) is 1. The van der Waals surface area contributed by atoms with Crippen molar-refractivity contribution in [2.45, 2.75) is 19.6 Å². The van der Waals surface area contributed by atoms with Gasteiger partial charge in [0.25, 0.3) is 0 Å². The second-order valence-corrected chi connectivity index (χ2v) is 9.24. The number of aryl methyl sites for hydroxylation is 1. The summed E-state index contributed by atoms with van der Waals surface area (Å²) in [7, 11) is 0. The third kappa shape index (κ3) is 5.49. The van der Waals surface area contributed by atoms with E-state index in [0.29, 0.717) is 15.8 Å². The van der Waals surface area contributed by atoms with E-state index in [0.717, 1.165) is 38.4 Å². The minimum Gasteiger partial charge on any atom is -0.316 e. The predicted molar refractivity (Wildman–Crippen MR) is 131 cm³/mol. The Morgan fingerprint density at radius 1 is 1.20 bits per heavy atom. The molecule has 0 radical (unpaired) electrons. The van der Waals surface area contributed by atoms with Crippen LogP contribution in [0, 0.1) is 13.8 Å². The third-order valence-electron chi connectivity index (χ3n) is 4.48. The van der Waals surface area contributed by atoms with Crippen LogP contribution in [0.5, 0.6) is 0 Å². The maximum Gasteiger partial charge on any atom is 0.250 e. The first-order chi connectivity index (χ1) is 14.4. The monoisotopic (exact) mass is 523 g/mol. The average Bonchev–Trinajstić information content (AvgIpc) is 2.99. The van der Waals surface area contributed by atoms with Crippen molar-refractivity contribution < 1.29 is 4.79 Å². The summed E-state index contributed by atoms with van der Waals surface area (Å²) in [6, 6.07) is 15.5. The second-order valence-electron chi connectivity index (χ2n) is 6.61. The van der Waals surface area contributed by atoms with Crippen LogP contribution in [-0.4, -0.2) is 22.4 Å². The molecule has 8 heteroatoms. The maximum absolute atomic E-state index is 12.1. The molecule has 0 spiro atoms. The van der Waals surface area contributed by atoms with Crippen LogP contribution < -0.4 is 5.43 Å². The molecule has 0 saturated heterocycles. The molecule has 0 fully saturated rings. The third-order valence-corrected chi connectivity index (χ3v) is 7.05. The maximum atomic E-state index is 12.1. The average molecular weight is 525 g/mol. The van der Waals surface area contributed by atoms with E-state index >= 15 is 0 Å². The molecule has 0 atom stereocenters. The Bertz CT molecular complexity index is 1100. The van der Waals surface area contributed by atoms with Crippen molar-refractivity contribution in [3.63, 3.8) is 0 Å². The zero-order valence-electron chi connectivity index (χ0n) is 16.5. The molecular formula is C22H20BrCl2N3OS. The van der Waals surface area contributed by atoms with E-state index in [4.69, 9.17) is 23.2 Å². The highest BCUT2D eigenvalue weighted by atomic mass is 79.9. The van der Waals surface area contributed by atoms with Crippen molar-refractivity contribution in [1.29, 1.82) is 0 Å². The van der Waals surface area contributed by atoms with Crippen molar-refractivity contribution in [2.75, 3.05) is 5.75 Å². The molecule has 1 amide bonds. The Morgan fingerprint density at radius 3 is 2.73 bits per heavy atom. The largest absolute Gasteiger partial charge is 0.316 e. The first-order valence-electron chi connectivity index (χ1n) is 9.15. The van der Waals surface area contributed by atoms with Gasteiger partial charge in [-0.05, 0) is 43.7 Å². The highest BCUT2D eigenvalue weighted by Crippen LogP contribution is 2.31. The number of hydrazone groups is 1. The standard InChI is InChI=1S/C22H20BrCl2N3OS/c1-14-10-17(15(2)28(14)20-9-5-8-19(24)22(20)25)11-26-27-21(29)13-30-12-16-6-3-4-7-18(16)23/h3-11H,12-13H2,1-2H3,(H,27,29)/b26-11+. The number of carbonyl (C=O) groups is 1. The molecule has 4 nitrogen and oxygen atoms in total. The molecule has 0 aliphatic rings. The van der Waals surface area contributed by atoms with Crippen LogP contribution in [0.25, 0.3) is 5.69 Å². The van der Waals surface area contributed by atoms with Crippen LogP contribution in [-0.2, 0) is 10.5 Å². The Balaban J connectivity index is 1.61. The van der Waals surface area contributed by atoms with Gasteiger partial charge in [-0.2, -0.15) is 5.10 Å². The lowest BCUT2D eigenvalue weighted by Crippen LogP contribution is -2.19. The van der Waals surface area contributed by atoms with E-state index in [1.54, 1.807) is 12.3 Å². The Labute approximate surface area is 198 Å². The molecule has 0 saturated carbocycles. The van der Waals surface area contributed by atoms with Gasteiger partial charge >= 0.3 is 0 Å². The highest BCUT2D eigenvalue weighted by Gasteiger charge is 2.13. The molecule has 30 heavy (non-hydrogen) atoms. The fourth-order valence-corrected chi connectivity index (χ4v) is 4.84. The number of nitrogens with one attached hydrogen (secondary N) is 1. The van der Waals surface area contributed by atoms with Gasteiger partial charge in [0.1, 0.15) is 0 Å². The van der Waals surface area contributed by atoms with Crippen molar-refractivity contribution in [3.05, 3.63) is 85.6 Å². The molecule has 0 bridgehead atoms. The normalized spacial score (nSPS) is 11.2. The molecule has 0 unspecified atom stereocenters. The molecule has 3 rings (SSSR count). The topological polar surface area (TPSA) is 46.4 Å². The van der Waals surface area contributed by atoms with Gasteiger partial charge in [0.05, 0.1) is 27.7 Å². The molecule has 1 heterocycles. The molecule has 0 aliphatic carbocycles. The number of rotatable bonds is 7. The molecule has 156 valence electrons. The van der Waals surface area contributed by atoms with Crippen molar-refractivity contribution in [1.82, 2.24) is 9.99 Å². The Hall–Kier alpha value is -1.73. The lowest BCUT2D eigenvalue weighted by atomic mass is 10.2. The minimum absolute atomic E-state index is 0.144. The van der Waals surface area contributed by atoms with Crippen molar-refractivity contribution in [2.24, 2.45) is 5.10 Å². The van der Waals surface area contributed by atoms with Gasteiger partial charge in [0.15, 0.2) is 0 Å². The van der Waals surface area contributed by atoms with E-state index in [2.05, 4.69) is 26.5 Å². The van der Waals surface area contributed by atoms with Gasteiger partial charge in [-0.25, -0.2) is 5.43 Å². The summed E-state index contributed by atoms with van der Waals surface area (Å²) in [6.45, 7) is 3.96. The molecule has 1 aromatic heterocycles. The van der Waals surface area contributed by atoms with Crippen LogP contribution in [0.2, 0.25) is 10.0 Å². The number of hydrogen-bond acceptors (Lipinski definition) is 3. The summed E-state index contributed by atoms with van der Waals surface area (Å²) in [5, 5.41) is 5.12. The van der Waals surface area contributed by atoms with Gasteiger partial charge in [0.2, 0.25) is 5.91 Å². The summed E-state index contributed by atoms with van der Waals surface area (Å²) in [6.07, 6.45) is 1.65. The van der Waals surface area contributed by atoms with E-state index in [1.807, 2.05) is 60.9 Å². The molecule has 2 aromatic carbocycles. The Morgan fingerprint density at radius 2 is 1.97 bits per heavy atom. The summed E-state index contributed by atoms with van der Waals surface area (Å²) in [5.41, 5.74) is 7.40. The molecular weight excluding hydrogens is 505 g/mol. The minimum atomic E-state index is -0.144. The summed E-state index contributed by atoms with van der Waals surface area (Å²) < 4.78 is 3.07. The summed E-state index contributed by atoms with van der Waals surface area (Å²) in [4.78, 5) is 12.1. The summed E-state index contributed by atoms with van der Waals surface area (Å²) in [5.74, 6) is 0.936. The number of amides is 1. The van der Waals surface area contributed by atoms with Crippen LogP contribution >= 0.6 is 50.9 Å². The quantitative estimate of drug-likeness (QED) is 0.281. The number of halogens is 3. The van der Waals surface area contributed by atoms with Gasteiger partial charge in [-0.15, -0.1) is 11.8 Å². The predicted octanol–water partition coefficient (Wildman–Crippen LogP) is 6.55. The van der Waals surface area contributed by atoms with E-state index < -0.39 is 0 Å². The second kappa shape index (κ2) is 10.5. The van der Waals surface area contributed by atoms with Gasteiger partial charge in [-0.3, -0.25) is 4.79 Å². The van der Waals surface area contributed by atoms with E-state index in [1.165, 1.54) is 11.8 Å². The number of benzene rings is 2. The van der Waals surface area contributed by atoms with Crippen LogP contribution in [0.4, 0.5) is 0 Å². The Kier molecular flexibility index (Phi) is 8.06. The fraction of sp³-hybridized carbons (Fsp3) is 0.182. The summed E-state index contributed by atoms with van der Waals surface area (Å²) >= 11 is 17.6. The van der Waals surface area contributed by atoms with Gasteiger partial charge in [0, 0.05) is 27.2 Å². The molecule has 0 aliphatic heterocycles. The first kappa shape index (κ1) is 22.9. The van der Waals surface area contributed by atoms with Gasteiger partial charge in [-0.1, -0.05) is 63.4 Å². The smallest absolute Gasteiger partial charge is 0.250 e. The molecule has 1 N–H and O–H groups in total. The number of carbonyl (C=O) groups excluding carboxylic acids is 1. The van der Waals surface area contributed by atoms with Crippen LogP contribution in [0.15, 0.2) is 58.1 Å². The highest BCUT2D eigenvalue weighted by molar-refractivity contribution is 9.10. The number of aromatic nitrogens is 1. The van der Waals surface area contributed by atoms with E-state index in [-0.39, 0.29) is 5.91 Å².